The van der Waals surface area contributed by atoms with Crippen LogP contribution in [0.3, 0.4) is 0 Å². The van der Waals surface area contributed by atoms with Gasteiger partial charge in [-0.1, -0.05) is 0 Å². The van der Waals surface area contributed by atoms with E-state index in [0.29, 0.717) is 0 Å². The molecule has 0 amide bonds. The van der Waals surface area contributed by atoms with Crippen molar-refractivity contribution >= 4 is 30.6 Å². The molecule has 0 spiro atoms. The lowest BCUT2D eigenvalue weighted by molar-refractivity contribution is 0.604. The fourth-order valence-corrected chi connectivity index (χ4v) is 0. The first-order chi connectivity index (χ1) is 6.00. The van der Waals surface area contributed by atoms with Crippen LogP contribution in [-0.2, 0) is 30.6 Å². The van der Waals surface area contributed by atoms with Gasteiger partial charge in [-0.25, -0.2) is 40.7 Å². The maximum atomic E-state index is 9.08. The second-order valence-corrected chi connectivity index (χ2v) is 4.91. The van der Waals surface area contributed by atoms with E-state index < -0.39 is 30.6 Å². The van der Waals surface area contributed by atoms with Crippen molar-refractivity contribution in [1.82, 2.24) is 6.15 Å². The van der Waals surface area contributed by atoms with Crippen LogP contribution < -0.4 is 21.6 Å². The molecule has 0 aromatic heterocycles. The Balaban J connectivity index is -0.0000000655. The lowest BCUT2D eigenvalue weighted by Gasteiger charge is -1.86. The molecular formula is H9N7O6S3. The highest BCUT2D eigenvalue weighted by Crippen LogP contribution is 1.64. The Morgan fingerprint density at radius 2 is 0.562 bits per heavy atom. The molecule has 13 nitrogen and oxygen atoms in total. The van der Waals surface area contributed by atoms with Gasteiger partial charge in [0.25, 0.3) is 0 Å². The summed E-state index contributed by atoms with van der Waals surface area (Å²) in [5, 5.41) is 29.0. The molecule has 0 aliphatic heterocycles. The first kappa shape index (κ1) is 24.5. The van der Waals surface area contributed by atoms with Gasteiger partial charge in [0.15, 0.2) is 0 Å². The van der Waals surface area contributed by atoms with E-state index in [9.17, 15) is 0 Å². The van der Waals surface area contributed by atoms with Crippen LogP contribution >= 0.6 is 0 Å². The maximum Gasteiger partial charge on any atom is 3.00 e. The molecule has 98 valence electrons. The van der Waals surface area contributed by atoms with Crippen LogP contribution in [0.4, 0.5) is 0 Å². The molecule has 0 aliphatic carbocycles. The third-order valence-corrected chi connectivity index (χ3v) is 0. The van der Waals surface area contributed by atoms with Gasteiger partial charge in [0.05, 0.1) is 0 Å². The van der Waals surface area contributed by atoms with Crippen LogP contribution in [0.2, 0.25) is 0 Å². The summed E-state index contributed by atoms with van der Waals surface area (Å²) in [6.45, 7) is 0. The molecule has 0 aromatic rings. The largest absolute Gasteiger partial charge is 3.00 e. The molecule has 16 heavy (non-hydrogen) atoms. The highest BCUT2D eigenvalue weighted by Gasteiger charge is 3.00. The first-order valence-corrected chi connectivity index (χ1v) is 6.96. The van der Waals surface area contributed by atoms with Crippen molar-refractivity contribution in [2.24, 2.45) is 15.4 Å². The molecule has 16 heteroatoms. The van der Waals surface area contributed by atoms with Crippen LogP contribution in [0.5, 0.6) is 0 Å². The Morgan fingerprint density at radius 3 is 0.562 bits per heavy atom. The summed E-state index contributed by atoms with van der Waals surface area (Å²) >= 11 is 0. The van der Waals surface area contributed by atoms with E-state index in [0.717, 1.165) is 0 Å². The van der Waals surface area contributed by atoms with Crippen molar-refractivity contribution < 1.29 is 25.3 Å². The van der Waals surface area contributed by atoms with Gasteiger partial charge in [-0.3, -0.25) is 0 Å². The smallest absolute Gasteiger partial charge is 0.551 e. The zero-order valence-electron chi connectivity index (χ0n) is 7.35. The summed E-state index contributed by atoms with van der Waals surface area (Å²) in [6, 6.07) is 0. The van der Waals surface area contributed by atoms with Gasteiger partial charge in [-0.2, -0.15) is 0 Å². The minimum atomic E-state index is -3.92. The Kier molecular flexibility index (Phi) is 13.0. The van der Waals surface area contributed by atoms with Crippen molar-refractivity contribution in [1.29, 1.82) is 0 Å². The van der Waals surface area contributed by atoms with Crippen LogP contribution in [0.25, 0.3) is 15.4 Å². The second kappa shape index (κ2) is 8.47. The first-order valence-electron chi connectivity index (χ1n) is 2.32. The molecule has 0 unspecified atom stereocenters. The molecule has 0 saturated carbocycles. The molecule has 2 radical (unpaired) electrons. The lowest BCUT2D eigenvalue weighted by Crippen LogP contribution is -2.02. The Bertz CT molecular complexity index is 345. The Labute approximate surface area is 93.2 Å². The third-order valence-electron chi connectivity index (χ3n) is 0. The van der Waals surface area contributed by atoms with Crippen LogP contribution in [0.1, 0.15) is 0 Å². The second-order valence-electron chi connectivity index (χ2n) is 1.64. The normalized spacial score (nSPS) is 10.9. The van der Waals surface area contributed by atoms with Gasteiger partial charge in [0.1, 0.15) is 30.6 Å². The highest BCUT2D eigenvalue weighted by atomic mass is 32.2. The van der Waals surface area contributed by atoms with Gasteiger partial charge in [-0.15, -0.1) is 0 Å². The molecule has 0 saturated heterocycles. The van der Waals surface area contributed by atoms with E-state index in [4.69, 9.17) is 40.7 Å². The van der Waals surface area contributed by atoms with Crippen LogP contribution in [-0.4, -0.2) is 25.3 Å². The van der Waals surface area contributed by atoms with E-state index in [-0.39, 0.29) is 6.15 Å². The third kappa shape index (κ3) is 4370. The number of hydrogen-bond donors (Lipinski definition) is 3. The zero-order chi connectivity index (χ0) is 13.5. The van der Waals surface area contributed by atoms with E-state index in [1.807, 2.05) is 0 Å². The standard InChI is InChI=1S/3H3N2O2S.N/c3*1-5(2,3)4;/h3*(H3-,1,2,3,4);/q3*-1;+3. The number of rotatable bonds is 0. The van der Waals surface area contributed by atoms with Crippen molar-refractivity contribution in [3.05, 3.63) is 15.4 Å². The summed E-state index contributed by atoms with van der Waals surface area (Å²) in [5.74, 6) is 0. The molecule has 0 bridgehead atoms. The molecule has 9 N–H and O–H groups in total. The molecule has 0 rings (SSSR count). The summed E-state index contributed by atoms with van der Waals surface area (Å²) in [6.07, 6.45) is 0. The SMILES string of the molecule is [N+3].[NH-]S(N)(=O)=O.[NH-]S(N)(=O)=O.[NH-]S(N)(=O)=O. The molecule has 0 heterocycles. The minimum Gasteiger partial charge on any atom is -0.551 e. The fraction of sp³-hybridized carbons (Fsp3) is 0. The lowest BCUT2D eigenvalue weighted by atomic mass is 13.9. The number of nitrogens with zero attached hydrogens (tertiary/aromatic N) is 1. The zero-order valence-corrected chi connectivity index (χ0v) is 9.80. The maximum absolute atomic E-state index is 9.08. The van der Waals surface area contributed by atoms with Crippen molar-refractivity contribution in [3.63, 3.8) is 0 Å². The van der Waals surface area contributed by atoms with E-state index >= 15 is 0 Å². The number of nitrogens with two attached hydrogens (primary N) is 3. The summed E-state index contributed by atoms with van der Waals surface area (Å²) in [5.41, 5.74) is 0. The Hall–Kier alpha value is -0.680. The Morgan fingerprint density at radius 1 is 0.562 bits per heavy atom. The highest BCUT2D eigenvalue weighted by molar-refractivity contribution is 7.91. The van der Waals surface area contributed by atoms with Gasteiger partial charge in [0.2, 0.25) is 0 Å². The van der Waals surface area contributed by atoms with Gasteiger partial charge < -0.3 is 15.4 Å². The van der Waals surface area contributed by atoms with E-state index in [1.54, 1.807) is 0 Å². The molecule has 0 atom stereocenters. The summed E-state index contributed by atoms with van der Waals surface area (Å²) in [4.78, 5) is 0. The van der Waals surface area contributed by atoms with Gasteiger partial charge in [0, 0.05) is 0 Å². The van der Waals surface area contributed by atoms with Crippen molar-refractivity contribution in [3.8, 4) is 0 Å². The predicted octanol–water partition coefficient (Wildman–Crippen LogP) is -2.75. The molecule has 0 aliphatic rings. The topological polar surface area (TPSA) is 282 Å². The van der Waals surface area contributed by atoms with Crippen LogP contribution in [0.15, 0.2) is 0 Å². The van der Waals surface area contributed by atoms with E-state index in [1.165, 1.54) is 0 Å². The average Bonchev–Trinajstić information content (AvgIpc) is 1.41. The predicted molar refractivity (Wildman–Crippen MR) is 54.4 cm³/mol. The van der Waals surface area contributed by atoms with Gasteiger partial charge >= 0.3 is 6.15 Å². The average molecular weight is 299 g/mol. The van der Waals surface area contributed by atoms with Gasteiger partial charge in [-0.05, 0) is 0 Å². The summed E-state index contributed by atoms with van der Waals surface area (Å²) in [7, 11) is -11.8. The minimum absolute atomic E-state index is 0. The number of hydrogen-bond acceptors (Lipinski definition) is 6. The number of nitrogens with one attached hydrogen (secondary N) is 3. The molecule has 0 aromatic carbocycles. The van der Waals surface area contributed by atoms with Crippen molar-refractivity contribution in [2.75, 3.05) is 0 Å². The summed E-state index contributed by atoms with van der Waals surface area (Å²) < 4.78 is 54.5. The monoisotopic (exact) mass is 299 g/mol. The fourth-order valence-electron chi connectivity index (χ4n) is 0. The molecular weight excluding hydrogens is 290 g/mol. The molecule has 0 fully saturated rings. The van der Waals surface area contributed by atoms with Crippen LogP contribution in [0, 0.1) is 0 Å². The van der Waals surface area contributed by atoms with Crippen molar-refractivity contribution in [2.45, 2.75) is 0 Å². The van der Waals surface area contributed by atoms with E-state index in [2.05, 4.69) is 15.4 Å². The quantitative estimate of drug-likeness (QED) is 0.425.